The zero-order chi connectivity index (χ0) is 10.7. The highest BCUT2D eigenvalue weighted by molar-refractivity contribution is 6.58. The summed E-state index contributed by atoms with van der Waals surface area (Å²) in [5.74, 6) is -1.31. The number of phenols is 1. The number of aromatic hydroxyl groups is 1. The minimum absolute atomic E-state index is 0.122. The predicted molar refractivity (Wildman–Crippen MR) is 49.3 cm³/mol. The fraction of sp³-hybridized carbons (Fsp3) is 0.125. The van der Waals surface area contributed by atoms with Crippen LogP contribution in [0.4, 0.5) is 0 Å². The van der Waals surface area contributed by atoms with Gasteiger partial charge >= 0.3 is 13.1 Å². The molecule has 0 spiro atoms. The highest BCUT2D eigenvalue weighted by atomic mass is 16.4. The maximum atomic E-state index is 10.3. The number of carbonyl (C=O) groups is 1. The molecule has 0 aliphatic carbocycles. The minimum Gasteiger partial charge on any atom is -0.508 e. The predicted octanol–water partition coefficient (Wildman–Crippen LogP) is -1.30. The molecule has 0 aliphatic heterocycles. The Morgan fingerprint density at radius 1 is 1.36 bits per heavy atom. The molecule has 0 aromatic heterocycles. The summed E-state index contributed by atoms with van der Waals surface area (Å²) >= 11 is 0. The van der Waals surface area contributed by atoms with Crippen LogP contribution in [0.1, 0.15) is 5.56 Å². The first-order valence-corrected chi connectivity index (χ1v) is 3.90. The van der Waals surface area contributed by atoms with E-state index in [1.807, 2.05) is 0 Å². The molecule has 0 saturated carbocycles. The van der Waals surface area contributed by atoms with Crippen molar-refractivity contribution in [3.63, 3.8) is 0 Å². The number of phenolic OH excluding ortho intramolecular Hbond substituents is 1. The number of carboxylic acid groups (broad SMARTS) is 1. The Kier molecular flexibility index (Phi) is 3.11. The fourth-order valence-electron chi connectivity index (χ4n) is 1.05. The van der Waals surface area contributed by atoms with E-state index >= 15 is 0 Å². The highest BCUT2D eigenvalue weighted by Gasteiger charge is 2.13. The Hall–Kier alpha value is -1.53. The van der Waals surface area contributed by atoms with Gasteiger partial charge in [0.15, 0.2) is 0 Å². The molecule has 74 valence electrons. The van der Waals surface area contributed by atoms with E-state index in [-0.39, 0.29) is 23.2 Å². The van der Waals surface area contributed by atoms with E-state index in [1.54, 1.807) is 0 Å². The van der Waals surface area contributed by atoms with Crippen LogP contribution in [0.15, 0.2) is 18.2 Å². The Balaban J connectivity index is 2.95. The molecule has 1 aromatic carbocycles. The van der Waals surface area contributed by atoms with Crippen molar-refractivity contribution in [2.75, 3.05) is 0 Å². The lowest BCUT2D eigenvalue weighted by Crippen LogP contribution is -2.29. The topological polar surface area (TPSA) is 98.0 Å². The molecule has 0 fully saturated rings. The first-order chi connectivity index (χ1) is 6.50. The maximum absolute atomic E-state index is 10.3. The second-order valence-electron chi connectivity index (χ2n) is 2.83. The van der Waals surface area contributed by atoms with Crippen molar-refractivity contribution in [3.05, 3.63) is 23.8 Å². The van der Waals surface area contributed by atoms with Gasteiger partial charge in [-0.25, -0.2) is 0 Å². The second kappa shape index (κ2) is 4.12. The summed E-state index contributed by atoms with van der Waals surface area (Å²) in [7, 11) is -1.67. The summed E-state index contributed by atoms with van der Waals surface area (Å²) in [5.41, 5.74) is 0.360. The van der Waals surface area contributed by atoms with E-state index in [4.69, 9.17) is 15.2 Å². The molecular formula is C8H9BO5. The van der Waals surface area contributed by atoms with Crippen LogP contribution in [0.25, 0.3) is 0 Å². The van der Waals surface area contributed by atoms with Crippen molar-refractivity contribution >= 4 is 18.6 Å². The molecule has 0 bridgehead atoms. The van der Waals surface area contributed by atoms with Crippen LogP contribution >= 0.6 is 0 Å². The molecule has 6 heteroatoms. The van der Waals surface area contributed by atoms with E-state index in [9.17, 15) is 9.90 Å². The Bertz CT molecular complexity index is 350. The zero-order valence-corrected chi connectivity index (χ0v) is 7.21. The molecular weight excluding hydrogens is 187 g/mol. The van der Waals surface area contributed by atoms with Gasteiger partial charge in [-0.2, -0.15) is 0 Å². The molecule has 4 N–H and O–H groups in total. The van der Waals surface area contributed by atoms with Gasteiger partial charge in [-0.15, -0.1) is 0 Å². The maximum Gasteiger partial charge on any atom is 0.488 e. The zero-order valence-electron chi connectivity index (χ0n) is 7.21. The van der Waals surface area contributed by atoms with E-state index in [1.165, 1.54) is 12.1 Å². The number of hydrogen-bond acceptors (Lipinski definition) is 4. The first kappa shape index (κ1) is 10.6. The molecule has 0 saturated heterocycles. The molecule has 0 atom stereocenters. The smallest absolute Gasteiger partial charge is 0.488 e. The van der Waals surface area contributed by atoms with Gasteiger partial charge < -0.3 is 20.3 Å². The Morgan fingerprint density at radius 2 is 2.00 bits per heavy atom. The number of hydrogen-bond donors (Lipinski definition) is 4. The Morgan fingerprint density at radius 3 is 2.43 bits per heavy atom. The minimum atomic E-state index is -1.67. The monoisotopic (exact) mass is 196 g/mol. The molecule has 0 aliphatic rings. The summed E-state index contributed by atoms with van der Waals surface area (Å²) in [5, 5.41) is 35.3. The van der Waals surface area contributed by atoms with Gasteiger partial charge in [0.1, 0.15) is 5.75 Å². The normalized spacial score (nSPS) is 9.86. The van der Waals surface area contributed by atoms with Crippen LogP contribution < -0.4 is 5.46 Å². The third-order valence-electron chi connectivity index (χ3n) is 1.75. The molecule has 0 radical (unpaired) electrons. The van der Waals surface area contributed by atoms with Crippen LogP contribution in [-0.4, -0.2) is 33.3 Å². The lowest BCUT2D eigenvalue weighted by molar-refractivity contribution is -0.136. The van der Waals surface area contributed by atoms with Gasteiger partial charge in [-0.3, -0.25) is 4.79 Å². The van der Waals surface area contributed by atoms with Gasteiger partial charge in [0.05, 0.1) is 6.42 Å². The summed E-state index contributed by atoms with van der Waals surface area (Å²) < 4.78 is 0. The number of aliphatic carboxylic acids is 1. The SMILES string of the molecule is O=C(O)Cc1ccc(B(O)O)cc1O. The van der Waals surface area contributed by atoms with E-state index in [2.05, 4.69) is 0 Å². The number of rotatable bonds is 3. The lowest BCUT2D eigenvalue weighted by atomic mass is 9.79. The van der Waals surface area contributed by atoms with Crippen molar-refractivity contribution in [3.8, 4) is 5.75 Å². The highest BCUT2D eigenvalue weighted by Crippen LogP contribution is 2.15. The molecule has 1 rings (SSSR count). The van der Waals surface area contributed by atoms with Gasteiger partial charge in [0.25, 0.3) is 0 Å². The average molecular weight is 196 g/mol. The molecule has 0 amide bonds. The molecule has 0 unspecified atom stereocenters. The van der Waals surface area contributed by atoms with Crippen LogP contribution in [0.2, 0.25) is 0 Å². The Labute approximate surface area is 80.4 Å². The standard InChI is InChI=1S/C8H9BO5/c10-7-4-6(9(13)14)2-1-5(7)3-8(11)12/h1-2,4,10,13-14H,3H2,(H,11,12). The van der Waals surface area contributed by atoms with Crippen LogP contribution in [-0.2, 0) is 11.2 Å². The van der Waals surface area contributed by atoms with Crippen molar-refractivity contribution in [1.82, 2.24) is 0 Å². The number of carboxylic acids is 1. The van der Waals surface area contributed by atoms with Crippen LogP contribution in [0, 0.1) is 0 Å². The number of benzene rings is 1. The van der Waals surface area contributed by atoms with Gasteiger partial charge in [-0.05, 0) is 11.5 Å². The third-order valence-corrected chi connectivity index (χ3v) is 1.75. The average Bonchev–Trinajstić information content (AvgIpc) is 2.07. The van der Waals surface area contributed by atoms with E-state index in [0.717, 1.165) is 6.07 Å². The molecule has 1 aromatic rings. The van der Waals surface area contributed by atoms with E-state index < -0.39 is 13.1 Å². The van der Waals surface area contributed by atoms with Crippen LogP contribution in [0.3, 0.4) is 0 Å². The molecule has 5 nitrogen and oxygen atoms in total. The quantitative estimate of drug-likeness (QED) is 0.450. The molecule has 0 heterocycles. The van der Waals surface area contributed by atoms with Crippen molar-refractivity contribution < 1.29 is 25.1 Å². The van der Waals surface area contributed by atoms with Crippen LogP contribution in [0.5, 0.6) is 5.75 Å². The second-order valence-corrected chi connectivity index (χ2v) is 2.83. The van der Waals surface area contributed by atoms with Gasteiger partial charge in [-0.1, -0.05) is 12.1 Å². The first-order valence-electron chi connectivity index (χ1n) is 3.90. The summed E-state index contributed by atoms with van der Waals surface area (Å²) in [6, 6.07) is 3.82. The summed E-state index contributed by atoms with van der Waals surface area (Å²) in [4.78, 5) is 10.3. The van der Waals surface area contributed by atoms with Gasteiger partial charge in [0.2, 0.25) is 0 Å². The van der Waals surface area contributed by atoms with Crippen molar-refractivity contribution in [2.24, 2.45) is 0 Å². The van der Waals surface area contributed by atoms with Crippen molar-refractivity contribution in [2.45, 2.75) is 6.42 Å². The summed E-state index contributed by atoms with van der Waals surface area (Å²) in [6.45, 7) is 0. The largest absolute Gasteiger partial charge is 0.508 e. The van der Waals surface area contributed by atoms with Crippen molar-refractivity contribution in [1.29, 1.82) is 0 Å². The van der Waals surface area contributed by atoms with Gasteiger partial charge in [0, 0.05) is 5.56 Å². The third kappa shape index (κ3) is 2.48. The lowest BCUT2D eigenvalue weighted by Gasteiger charge is -2.04. The summed E-state index contributed by atoms with van der Waals surface area (Å²) in [6.07, 6.45) is -0.298. The fourth-order valence-corrected chi connectivity index (χ4v) is 1.05. The molecule has 14 heavy (non-hydrogen) atoms. The van der Waals surface area contributed by atoms with E-state index in [0.29, 0.717) is 0 Å².